The van der Waals surface area contributed by atoms with Crippen LogP contribution in [-0.2, 0) is 25.6 Å². The van der Waals surface area contributed by atoms with Crippen LogP contribution in [-0.4, -0.2) is 28.6 Å². The van der Waals surface area contributed by atoms with Crippen LogP contribution in [0.4, 0.5) is 0 Å². The number of benzene rings is 1. The lowest BCUT2D eigenvalue weighted by molar-refractivity contribution is 0.0586. The van der Waals surface area contributed by atoms with Crippen LogP contribution in [0.1, 0.15) is 64.0 Å². The number of hydrogen-bond donors (Lipinski definition) is 0. The van der Waals surface area contributed by atoms with Crippen LogP contribution in [0.3, 0.4) is 0 Å². The number of aryl methyl sites for hydroxylation is 1. The molecule has 25 heavy (non-hydrogen) atoms. The molecular weight excluding hydrogens is 352 g/mol. The molecular formula is C20H35ClO3Si. The topological polar surface area (TPSA) is 27.7 Å². The monoisotopic (exact) mass is 386 g/mol. The fraction of sp³-hybridized carbons (Fsp3) is 0.700. The summed E-state index contributed by atoms with van der Waals surface area (Å²) in [6, 6.07) is 9.49. The summed E-state index contributed by atoms with van der Waals surface area (Å²) < 4.78 is 18.4. The van der Waals surface area contributed by atoms with E-state index in [1.54, 1.807) is 0 Å². The summed E-state index contributed by atoms with van der Waals surface area (Å²) in [6.45, 7) is 8.55. The standard InChI is InChI=1S/C20H35ClO3Si/c1-4-14-22-25(23-15-5-2,24-16-6-3)17-8-7-9-19-10-12-20(18-21)13-11-19/h10-13H,4-9,14-18H2,1-3H3. The second-order valence-electron chi connectivity index (χ2n) is 6.39. The third kappa shape index (κ3) is 9.20. The Bertz CT molecular complexity index is 417. The summed E-state index contributed by atoms with van der Waals surface area (Å²) in [6.07, 6.45) is 6.24. The minimum absolute atomic E-state index is 0.576. The van der Waals surface area contributed by atoms with Gasteiger partial charge in [0.05, 0.1) is 0 Å². The lowest BCUT2D eigenvalue weighted by atomic mass is 10.1. The fourth-order valence-electron chi connectivity index (χ4n) is 2.58. The van der Waals surface area contributed by atoms with Gasteiger partial charge in [0, 0.05) is 31.7 Å². The van der Waals surface area contributed by atoms with Crippen LogP contribution in [0.25, 0.3) is 0 Å². The summed E-state index contributed by atoms with van der Waals surface area (Å²) in [5, 5.41) is 0. The first-order chi connectivity index (χ1) is 12.2. The van der Waals surface area contributed by atoms with E-state index in [1.807, 2.05) is 0 Å². The normalized spacial score (nSPS) is 11.8. The van der Waals surface area contributed by atoms with Crippen molar-refractivity contribution < 1.29 is 13.3 Å². The Kier molecular flexibility index (Phi) is 12.5. The van der Waals surface area contributed by atoms with Crippen molar-refractivity contribution >= 4 is 20.4 Å². The molecule has 3 nitrogen and oxygen atoms in total. The Morgan fingerprint density at radius 2 is 1.24 bits per heavy atom. The highest BCUT2D eigenvalue weighted by molar-refractivity contribution is 6.60. The minimum atomic E-state index is -2.53. The van der Waals surface area contributed by atoms with E-state index in [9.17, 15) is 0 Å². The molecule has 0 aliphatic carbocycles. The third-order valence-electron chi connectivity index (χ3n) is 3.95. The van der Waals surface area contributed by atoms with Gasteiger partial charge in [0.2, 0.25) is 0 Å². The molecule has 0 aliphatic heterocycles. The molecule has 0 radical (unpaired) electrons. The zero-order chi connectivity index (χ0) is 18.4. The number of hydrogen-bond acceptors (Lipinski definition) is 3. The van der Waals surface area contributed by atoms with Crippen molar-refractivity contribution in [1.29, 1.82) is 0 Å². The van der Waals surface area contributed by atoms with E-state index in [-0.39, 0.29) is 0 Å². The van der Waals surface area contributed by atoms with Gasteiger partial charge < -0.3 is 13.3 Å². The van der Waals surface area contributed by atoms with Gasteiger partial charge in [-0.15, -0.1) is 11.6 Å². The molecule has 0 bridgehead atoms. The Morgan fingerprint density at radius 3 is 1.68 bits per heavy atom. The molecule has 0 aliphatic rings. The molecule has 0 amide bonds. The van der Waals surface area contributed by atoms with Gasteiger partial charge in [-0.3, -0.25) is 0 Å². The molecule has 1 rings (SSSR count). The second-order valence-corrected chi connectivity index (χ2v) is 9.38. The molecule has 0 saturated carbocycles. The van der Waals surface area contributed by atoms with E-state index in [2.05, 4.69) is 45.0 Å². The summed E-state index contributed by atoms with van der Waals surface area (Å²) in [4.78, 5) is 0. The number of unbranched alkanes of at least 4 members (excludes halogenated alkanes) is 1. The first-order valence-electron chi connectivity index (χ1n) is 9.75. The molecule has 0 atom stereocenters. The van der Waals surface area contributed by atoms with E-state index in [4.69, 9.17) is 24.9 Å². The molecule has 1 aromatic rings. The fourth-order valence-corrected chi connectivity index (χ4v) is 5.67. The molecule has 0 spiro atoms. The Hall–Kier alpha value is -0.393. The van der Waals surface area contributed by atoms with Crippen LogP contribution in [0.5, 0.6) is 0 Å². The average molecular weight is 387 g/mol. The molecule has 0 saturated heterocycles. The summed E-state index contributed by atoms with van der Waals surface area (Å²) in [7, 11) is -2.53. The Morgan fingerprint density at radius 1 is 0.760 bits per heavy atom. The van der Waals surface area contributed by atoms with Crippen LogP contribution in [0.2, 0.25) is 6.04 Å². The molecule has 0 fully saturated rings. The highest BCUT2D eigenvalue weighted by Crippen LogP contribution is 2.21. The predicted molar refractivity (Wildman–Crippen MR) is 108 cm³/mol. The lowest BCUT2D eigenvalue weighted by Crippen LogP contribution is -2.46. The van der Waals surface area contributed by atoms with Gasteiger partial charge in [-0.1, -0.05) is 45.0 Å². The zero-order valence-corrected chi connectivity index (χ0v) is 17.9. The van der Waals surface area contributed by atoms with Crippen molar-refractivity contribution in [3.05, 3.63) is 35.4 Å². The van der Waals surface area contributed by atoms with E-state index in [1.165, 1.54) is 11.1 Å². The third-order valence-corrected chi connectivity index (χ3v) is 7.16. The maximum Gasteiger partial charge on any atom is 0.500 e. The summed E-state index contributed by atoms with van der Waals surface area (Å²) in [5.74, 6) is 0.576. The van der Waals surface area contributed by atoms with Crippen molar-refractivity contribution in [2.24, 2.45) is 0 Å². The molecule has 0 unspecified atom stereocenters. The van der Waals surface area contributed by atoms with Gasteiger partial charge in [0.1, 0.15) is 0 Å². The van der Waals surface area contributed by atoms with Gasteiger partial charge in [-0.05, 0) is 49.7 Å². The molecule has 0 N–H and O–H groups in total. The van der Waals surface area contributed by atoms with Crippen molar-refractivity contribution in [2.45, 2.75) is 71.2 Å². The number of rotatable bonds is 15. The van der Waals surface area contributed by atoms with E-state index < -0.39 is 8.80 Å². The largest absolute Gasteiger partial charge is 0.500 e. The van der Waals surface area contributed by atoms with E-state index in [0.717, 1.165) is 64.4 Å². The van der Waals surface area contributed by atoms with Crippen LogP contribution >= 0.6 is 11.6 Å². The highest BCUT2D eigenvalue weighted by atomic mass is 35.5. The van der Waals surface area contributed by atoms with Crippen molar-refractivity contribution in [2.75, 3.05) is 19.8 Å². The lowest BCUT2D eigenvalue weighted by Gasteiger charge is -2.29. The average Bonchev–Trinajstić information content (AvgIpc) is 2.66. The summed E-state index contributed by atoms with van der Waals surface area (Å²) >= 11 is 5.84. The first-order valence-corrected chi connectivity index (χ1v) is 12.2. The van der Waals surface area contributed by atoms with Gasteiger partial charge in [-0.25, -0.2) is 0 Å². The molecule has 0 heterocycles. The van der Waals surface area contributed by atoms with E-state index in [0.29, 0.717) is 5.88 Å². The van der Waals surface area contributed by atoms with Crippen molar-refractivity contribution in [1.82, 2.24) is 0 Å². The number of halogens is 1. The van der Waals surface area contributed by atoms with E-state index >= 15 is 0 Å². The smallest absolute Gasteiger partial charge is 0.373 e. The van der Waals surface area contributed by atoms with Gasteiger partial charge in [-0.2, -0.15) is 0 Å². The van der Waals surface area contributed by atoms with Crippen LogP contribution in [0.15, 0.2) is 24.3 Å². The quantitative estimate of drug-likeness (QED) is 0.211. The van der Waals surface area contributed by atoms with Crippen LogP contribution < -0.4 is 0 Å². The second kappa shape index (κ2) is 13.8. The summed E-state index contributed by atoms with van der Waals surface area (Å²) in [5.41, 5.74) is 2.53. The highest BCUT2D eigenvalue weighted by Gasteiger charge is 2.40. The molecule has 5 heteroatoms. The zero-order valence-electron chi connectivity index (χ0n) is 16.2. The van der Waals surface area contributed by atoms with Gasteiger partial charge >= 0.3 is 8.80 Å². The first kappa shape index (κ1) is 22.6. The maximum atomic E-state index is 6.15. The Labute approximate surface area is 160 Å². The van der Waals surface area contributed by atoms with Gasteiger partial charge in [0.15, 0.2) is 0 Å². The SMILES string of the molecule is CCCO[Si](CCCCc1ccc(CCl)cc1)(OCCC)OCCC. The van der Waals surface area contributed by atoms with Gasteiger partial charge in [0.25, 0.3) is 0 Å². The molecule has 144 valence electrons. The molecule has 0 aromatic heterocycles. The minimum Gasteiger partial charge on any atom is -0.373 e. The Balaban J connectivity index is 2.52. The van der Waals surface area contributed by atoms with Crippen molar-refractivity contribution in [3.63, 3.8) is 0 Å². The molecule has 1 aromatic carbocycles. The van der Waals surface area contributed by atoms with Crippen LogP contribution in [0, 0.1) is 0 Å². The maximum absolute atomic E-state index is 6.15. The van der Waals surface area contributed by atoms with Crippen molar-refractivity contribution in [3.8, 4) is 0 Å². The predicted octanol–water partition coefficient (Wildman–Crippen LogP) is 5.97. The number of alkyl halides is 1.